The van der Waals surface area contributed by atoms with Gasteiger partial charge in [0, 0.05) is 25.7 Å². The molecular formula is C15H22N2O3. The second-order valence-corrected chi connectivity index (χ2v) is 4.98. The molecule has 1 unspecified atom stereocenters. The highest BCUT2D eigenvalue weighted by atomic mass is 16.5. The molecule has 0 aromatic heterocycles. The molecule has 1 fully saturated rings. The van der Waals surface area contributed by atoms with Gasteiger partial charge in [0.05, 0.1) is 19.8 Å². The van der Waals surface area contributed by atoms with E-state index in [-0.39, 0.29) is 11.9 Å². The fourth-order valence-electron chi connectivity index (χ4n) is 2.50. The number of likely N-dealkylation sites (N-methyl/N-ethyl adjacent to an activating group) is 1. The maximum atomic E-state index is 12.6. The van der Waals surface area contributed by atoms with E-state index in [1.807, 2.05) is 7.05 Å². The first-order chi connectivity index (χ1) is 9.67. The number of nitrogens with one attached hydrogen (secondary N) is 1. The molecule has 0 bridgehead atoms. The summed E-state index contributed by atoms with van der Waals surface area (Å²) >= 11 is 0. The van der Waals surface area contributed by atoms with E-state index < -0.39 is 0 Å². The van der Waals surface area contributed by atoms with Gasteiger partial charge >= 0.3 is 0 Å². The number of rotatable bonds is 4. The number of nitrogens with zero attached hydrogens (tertiary/aromatic N) is 1. The number of ether oxygens (including phenoxy) is 2. The topological polar surface area (TPSA) is 50.8 Å². The molecule has 1 aliphatic rings. The van der Waals surface area contributed by atoms with Crippen molar-refractivity contribution >= 4 is 5.91 Å². The van der Waals surface area contributed by atoms with Crippen LogP contribution in [0.3, 0.4) is 0 Å². The molecule has 1 amide bonds. The molecule has 20 heavy (non-hydrogen) atoms. The molecule has 0 spiro atoms. The summed E-state index contributed by atoms with van der Waals surface area (Å²) in [5, 5.41) is 3.32. The lowest BCUT2D eigenvalue weighted by Gasteiger charge is -2.32. The third kappa shape index (κ3) is 3.04. The summed E-state index contributed by atoms with van der Waals surface area (Å²) in [7, 11) is 5.01. The number of hydrogen-bond donors (Lipinski definition) is 1. The van der Waals surface area contributed by atoms with Crippen molar-refractivity contribution in [1.29, 1.82) is 0 Å². The highest BCUT2D eigenvalue weighted by Gasteiger charge is 2.25. The van der Waals surface area contributed by atoms with Gasteiger partial charge in [-0.15, -0.1) is 0 Å². The van der Waals surface area contributed by atoms with Gasteiger partial charge < -0.3 is 19.7 Å². The van der Waals surface area contributed by atoms with Crippen molar-refractivity contribution in [1.82, 2.24) is 10.2 Å². The van der Waals surface area contributed by atoms with Crippen LogP contribution in [0.1, 0.15) is 23.2 Å². The highest BCUT2D eigenvalue weighted by molar-refractivity contribution is 5.97. The summed E-state index contributed by atoms with van der Waals surface area (Å²) in [6.07, 6.45) is 2.13. The second kappa shape index (κ2) is 6.61. The Hall–Kier alpha value is -1.75. The number of carbonyl (C=O) groups excluding carboxylic acids is 1. The number of amides is 1. The number of hydrogen-bond acceptors (Lipinski definition) is 4. The Morgan fingerprint density at radius 2 is 2.15 bits per heavy atom. The number of piperidine rings is 1. The zero-order chi connectivity index (χ0) is 14.5. The molecular weight excluding hydrogens is 256 g/mol. The van der Waals surface area contributed by atoms with Crippen LogP contribution in [0.4, 0.5) is 0 Å². The predicted octanol–water partition coefficient (Wildman–Crippen LogP) is 1.53. The van der Waals surface area contributed by atoms with Crippen LogP contribution in [-0.4, -0.2) is 51.2 Å². The van der Waals surface area contributed by atoms with Crippen LogP contribution in [0.2, 0.25) is 0 Å². The molecule has 110 valence electrons. The Balaban J connectivity index is 2.19. The van der Waals surface area contributed by atoms with E-state index in [0.717, 1.165) is 25.9 Å². The van der Waals surface area contributed by atoms with Gasteiger partial charge in [-0.1, -0.05) is 0 Å². The van der Waals surface area contributed by atoms with Gasteiger partial charge in [-0.25, -0.2) is 0 Å². The first kappa shape index (κ1) is 14.7. The molecule has 1 aliphatic heterocycles. The standard InChI is InChI=1S/C15H22N2O3/c1-17(11-5-4-8-16-10-11)15(18)13-7-6-12(19-2)9-14(13)20-3/h6-7,9,11,16H,4-5,8,10H2,1-3H3. The molecule has 1 aromatic rings. The zero-order valence-electron chi connectivity index (χ0n) is 12.3. The van der Waals surface area contributed by atoms with E-state index in [1.165, 1.54) is 0 Å². The summed E-state index contributed by atoms with van der Waals surface area (Å²) < 4.78 is 10.5. The Morgan fingerprint density at radius 1 is 1.35 bits per heavy atom. The summed E-state index contributed by atoms with van der Waals surface area (Å²) in [6.45, 7) is 1.88. The lowest BCUT2D eigenvalue weighted by atomic mass is 10.0. The minimum Gasteiger partial charge on any atom is -0.497 e. The Labute approximate surface area is 119 Å². The number of benzene rings is 1. The number of carbonyl (C=O) groups is 1. The normalized spacial score (nSPS) is 18.4. The molecule has 0 aliphatic carbocycles. The van der Waals surface area contributed by atoms with Gasteiger partial charge in [-0.2, -0.15) is 0 Å². The van der Waals surface area contributed by atoms with E-state index in [2.05, 4.69) is 5.32 Å². The van der Waals surface area contributed by atoms with Crippen molar-refractivity contribution in [2.45, 2.75) is 18.9 Å². The lowest BCUT2D eigenvalue weighted by Crippen LogP contribution is -2.46. The van der Waals surface area contributed by atoms with E-state index in [0.29, 0.717) is 17.1 Å². The van der Waals surface area contributed by atoms with Crippen molar-refractivity contribution in [2.75, 3.05) is 34.4 Å². The van der Waals surface area contributed by atoms with Gasteiger partial charge in [0.2, 0.25) is 0 Å². The summed E-state index contributed by atoms with van der Waals surface area (Å²) in [6, 6.07) is 5.51. The third-order valence-electron chi connectivity index (χ3n) is 3.78. The monoisotopic (exact) mass is 278 g/mol. The van der Waals surface area contributed by atoms with Crippen LogP contribution in [0, 0.1) is 0 Å². The van der Waals surface area contributed by atoms with Crippen molar-refractivity contribution in [2.24, 2.45) is 0 Å². The van der Waals surface area contributed by atoms with Crippen LogP contribution in [0.25, 0.3) is 0 Å². The third-order valence-corrected chi connectivity index (χ3v) is 3.78. The van der Waals surface area contributed by atoms with Crippen molar-refractivity contribution in [3.8, 4) is 11.5 Å². The quantitative estimate of drug-likeness (QED) is 0.907. The average molecular weight is 278 g/mol. The maximum absolute atomic E-state index is 12.6. The molecule has 1 aromatic carbocycles. The minimum atomic E-state index is -0.0156. The zero-order valence-corrected chi connectivity index (χ0v) is 12.3. The highest BCUT2D eigenvalue weighted by Crippen LogP contribution is 2.26. The van der Waals surface area contributed by atoms with Crippen LogP contribution in [0.5, 0.6) is 11.5 Å². The van der Waals surface area contributed by atoms with Crippen LogP contribution in [0.15, 0.2) is 18.2 Å². The molecule has 1 N–H and O–H groups in total. The smallest absolute Gasteiger partial charge is 0.257 e. The SMILES string of the molecule is COc1ccc(C(=O)N(C)C2CCCNC2)c(OC)c1. The van der Waals surface area contributed by atoms with Gasteiger partial charge in [-0.05, 0) is 31.5 Å². The Bertz CT molecular complexity index is 470. The number of methoxy groups -OCH3 is 2. The molecule has 5 nitrogen and oxygen atoms in total. The first-order valence-corrected chi connectivity index (χ1v) is 6.87. The lowest BCUT2D eigenvalue weighted by molar-refractivity contribution is 0.0705. The Morgan fingerprint density at radius 3 is 2.75 bits per heavy atom. The molecule has 2 rings (SSSR count). The predicted molar refractivity (Wildman–Crippen MR) is 77.5 cm³/mol. The molecule has 0 saturated carbocycles. The molecule has 1 saturated heterocycles. The van der Waals surface area contributed by atoms with E-state index >= 15 is 0 Å². The van der Waals surface area contributed by atoms with Gasteiger partial charge in [0.25, 0.3) is 5.91 Å². The minimum absolute atomic E-state index is 0.0156. The van der Waals surface area contributed by atoms with Gasteiger partial charge in [0.15, 0.2) is 0 Å². The van der Waals surface area contributed by atoms with E-state index in [1.54, 1.807) is 37.3 Å². The summed E-state index contributed by atoms with van der Waals surface area (Å²) in [5.41, 5.74) is 0.571. The van der Waals surface area contributed by atoms with Crippen molar-refractivity contribution in [3.05, 3.63) is 23.8 Å². The first-order valence-electron chi connectivity index (χ1n) is 6.87. The maximum Gasteiger partial charge on any atom is 0.257 e. The molecule has 0 radical (unpaired) electrons. The largest absolute Gasteiger partial charge is 0.497 e. The fourth-order valence-corrected chi connectivity index (χ4v) is 2.50. The summed E-state index contributed by atoms with van der Waals surface area (Å²) in [5.74, 6) is 1.21. The average Bonchev–Trinajstić information content (AvgIpc) is 2.53. The molecule has 5 heteroatoms. The van der Waals surface area contributed by atoms with E-state index in [4.69, 9.17) is 9.47 Å². The second-order valence-electron chi connectivity index (χ2n) is 4.98. The van der Waals surface area contributed by atoms with Crippen LogP contribution in [-0.2, 0) is 0 Å². The van der Waals surface area contributed by atoms with Gasteiger partial charge in [0.1, 0.15) is 11.5 Å². The van der Waals surface area contributed by atoms with E-state index in [9.17, 15) is 4.79 Å². The van der Waals surface area contributed by atoms with Crippen LogP contribution < -0.4 is 14.8 Å². The van der Waals surface area contributed by atoms with Crippen LogP contribution >= 0.6 is 0 Å². The van der Waals surface area contributed by atoms with Crippen molar-refractivity contribution in [3.63, 3.8) is 0 Å². The molecule has 1 heterocycles. The Kier molecular flexibility index (Phi) is 4.84. The van der Waals surface area contributed by atoms with Gasteiger partial charge in [-0.3, -0.25) is 4.79 Å². The summed E-state index contributed by atoms with van der Waals surface area (Å²) in [4.78, 5) is 14.4. The molecule has 1 atom stereocenters. The fraction of sp³-hybridized carbons (Fsp3) is 0.533. The van der Waals surface area contributed by atoms with Crippen molar-refractivity contribution < 1.29 is 14.3 Å².